The molecule has 92 valence electrons. The molecule has 0 aliphatic heterocycles. The highest BCUT2D eigenvalue weighted by molar-refractivity contribution is 6.35. The first-order chi connectivity index (χ1) is 8.58. The summed E-state index contributed by atoms with van der Waals surface area (Å²) in [5, 5.41) is 12.2. The van der Waals surface area contributed by atoms with Gasteiger partial charge in [0.1, 0.15) is 5.75 Å². The molecule has 0 aliphatic rings. The number of rotatable bonds is 2. The van der Waals surface area contributed by atoms with Crippen molar-refractivity contribution >= 4 is 28.9 Å². The van der Waals surface area contributed by atoms with Crippen LogP contribution in [0.4, 0.5) is 11.4 Å². The van der Waals surface area contributed by atoms with Crippen LogP contribution in [0.2, 0.25) is 5.02 Å². The molecule has 0 fully saturated rings. The van der Waals surface area contributed by atoms with Crippen molar-refractivity contribution in [1.82, 2.24) is 0 Å². The number of nitrogen functional groups attached to an aromatic ring is 1. The van der Waals surface area contributed by atoms with E-state index < -0.39 is 5.91 Å². The topological polar surface area (TPSA) is 75.4 Å². The lowest BCUT2D eigenvalue weighted by Gasteiger charge is -2.09. The largest absolute Gasteiger partial charge is 0.508 e. The van der Waals surface area contributed by atoms with Crippen LogP contribution in [0.15, 0.2) is 42.5 Å². The second kappa shape index (κ2) is 4.98. The summed E-state index contributed by atoms with van der Waals surface area (Å²) in [5.41, 5.74) is 6.71. The smallest absolute Gasteiger partial charge is 0.259 e. The van der Waals surface area contributed by atoms with Gasteiger partial charge in [0.25, 0.3) is 5.91 Å². The fourth-order valence-corrected chi connectivity index (χ4v) is 1.83. The Kier molecular flexibility index (Phi) is 3.39. The lowest BCUT2D eigenvalue weighted by atomic mass is 10.1. The van der Waals surface area contributed by atoms with Crippen LogP contribution < -0.4 is 11.1 Å². The molecule has 0 saturated carbocycles. The van der Waals surface area contributed by atoms with Crippen LogP contribution in [0.25, 0.3) is 0 Å². The molecule has 0 atom stereocenters. The van der Waals surface area contributed by atoms with Crippen LogP contribution in [-0.2, 0) is 0 Å². The Hall–Kier alpha value is -2.20. The molecule has 0 aliphatic carbocycles. The molecular weight excluding hydrogens is 252 g/mol. The molecule has 0 bridgehead atoms. The van der Waals surface area contributed by atoms with Gasteiger partial charge in [0.2, 0.25) is 0 Å². The molecule has 18 heavy (non-hydrogen) atoms. The third kappa shape index (κ3) is 2.55. The van der Waals surface area contributed by atoms with E-state index in [0.717, 1.165) is 0 Å². The zero-order valence-electron chi connectivity index (χ0n) is 9.35. The van der Waals surface area contributed by atoms with Gasteiger partial charge in [-0.15, -0.1) is 0 Å². The number of phenols is 1. The van der Waals surface area contributed by atoms with Crippen molar-refractivity contribution in [3.05, 3.63) is 53.1 Å². The van der Waals surface area contributed by atoms with Gasteiger partial charge in [-0.05, 0) is 24.3 Å². The van der Waals surface area contributed by atoms with Crippen molar-refractivity contribution in [2.45, 2.75) is 0 Å². The number of hydrogen-bond donors (Lipinski definition) is 3. The summed E-state index contributed by atoms with van der Waals surface area (Å²) in [6.07, 6.45) is 0. The van der Waals surface area contributed by atoms with Gasteiger partial charge < -0.3 is 16.2 Å². The summed E-state index contributed by atoms with van der Waals surface area (Å²) in [6.45, 7) is 0. The van der Waals surface area contributed by atoms with Crippen molar-refractivity contribution < 1.29 is 9.90 Å². The Labute approximate surface area is 109 Å². The van der Waals surface area contributed by atoms with Gasteiger partial charge in [0.05, 0.1) is 10.6 Å². The second-order valence-electron chi connectivity index (χ2n) is 3.71. The average Bonchev–Trinajstić information content (AvgIpc) is 2.28. The molecule has 1 amide bonds. The normalized spacial score (nSPS) is 10.1. The summed E-state index contributed by atoms with van der Waals surface area (Å²) in [7, 11) is 0. The SMILES string of the molecule is Nc1cccc(Cl)c1C(=O)Nc1cccc(O)c1. The number of halogens is 1. The van der Waals surface area contributed by atoms with E-state index in [1.54, 1.807) is 30.3 Å². The maximum Gasteiger partial charge on any atom is 0.259 e. The molecule has 0 saturated heterocycles. The number of benzene rings is 2. The molecular formula is C13H11ClN2O2. The van der Waals surface area contributed by atoms with Crippen LogP contribution in [0.3, 0.4) is 0 Å². The number of nitrogens with one attached hydrogen (secondary N) is 1. The molecule has 0 radical (unpaired) electrons. The standard InChI is InChI=1S/C13H11ClN2O2/c14-10-5-2-6-11(15)12(10)13(18)16-8-3-1-4-9(17)7-8/h1-7,17H,15H2,(H,16,18). The Morgan fingerprint density at radius 2 is 1.94 bits per heavy atom. The minimum absolute atomic E-state index is 0.0694. The Morgan fingerprint density at radius 1 is 1.22 bits per heavy atom. The van der Waals surface area contributed by atoms with Gasteiger partial charge in [-0.3, -0.25) is 4.79 Å². The van der Waals surface area contributed by atoms with Crippen LogP contribution in [0, 0.1) is 0 Å². The molecule has 2 rings (SSSR count). The molecule has 5 heteroatoms. The van der Waals surface area contributed by atoms with Crippen molar-refractivity contribution in [3.8, 4) is 5.75 Å². The summed E-state index contributed by atoms with van der Waals surface area (Å²) in [4.78, 5) is 12.0. The number of anilines is 2. The minimum atomic E-state index is -0.413. The van der Waals surface area contributed by atoms with E-state index in [1.807, 2.05) is 0 Å². The fourth-order valence-electron chi connectivity index (χ4n) is 1.56. The molecule has 2 aromatic carbocycles. The van der Waals surface area contributed by atoms with E-state index in [9.17, 15) is 9.90 Å². The maximum absolute atomic E-state index is 12.0. The predicted molar refractivity (Wildman–Crippen MR) is 71.9 cm³/mol. The number of amides is 1. The highest BCUT2D eigenvalue weighted by atomic mass is 35.5. The monoisotopic (exact) mass is 262 g/mol. The average molecular weight is 263 g/mol. The van der Waals surface area contributed by atoms with E-state index in [1.165, 1.54) is 12.1 Å². The highest BCUT2D eigenvalue weighted by Crippen LogP contribution is 2.24. The number of aromatic hydroxyl groups is 1. The molecule has 2 aromatic rings. The number of hydrogen-bond acceptors (Lipinski definition) is 3. The molecule has 0 aromatic heterocycles. The lowest BCUT2D eigenvalue weighted by Crippen LogP contribution is -2.14. The van der Waals surface area contributed by atoms with Gasteiger partial charge in [-0.2, -0.15) is 0 Å². The fraction of sp³-hybridized carbons (Fsp3) is 0. The molecule has 4 nitrogen and oxygen atoms in total. The van der Waals surface area contributed by atoms with Crippen molar-refractivity contribution in [1.29, 1.82) is 0 Å². The highest BCUT2D eigenvalue weighted by Gasteiger charge is 2.13. The minimum Gasteiger partial charge on any atom is -0.508 e. The first kappa shape index (κ1) is 12.3. The van der Waals surface area contributed by atoms with E-state index in [2.05, 4.69) is 5.32 Å². The lowest BCUT2D eigenvalue weighted by molar-refractivity contribution is 0.102. The predicted octanol–water partition coefficient (Wildman–Crippen LogP) is 2.88. The van der Waals surface area contributed by atoms with E-state index >= 15 is 0 Å². The van der Waals surface area contributed by atoms with Crippen LogP contribution in [-0.4, -0.2) is 11.0 Å². The van der Waals surface area contributed by atoms with E-state index in [0.29, 0.717) is 11.4 Å². The van der Waals surface area contributed by atoms with E-state index in [4.69, 9.17) is 17.3 Å². The zero-order valence-corrected chi connectivity index (χ0v) is 10.1. The summed E-state index contributed by atoms with van der Waals surface area (Å²) < 4.78 is 0. The summed E-state index contributed by atoms with van der Waals surface area (Å²) >= 11 is 5.93. The number of carbonyl (C=O) groups is 1. The van der Waals surface area contributed by atoms with Gasteiger partial charge in [-0.25, -0.2) is 0 Å². The quantitative estimate of drug-likeness (QED) is 0.729. The van der Waals surface area contributed by atoms with Crippen molar-refractivity contribution in [3.63, 3.8) is 0 Å². The van der Waals surface area contributed by atoms with Crippen molar-refractivity contribution in [2.75, 3.05) is 11.1 Å². The van der Waals surface area contributed by atoms with Gasteiger partial charge >= 0.3 is 0 Å². The van der Waals surface area contributed by atoms with Gasteiger partial charge in [0, 0.05) is 17.4 Å². The van der Waals surface area contributed by atoms with Crippen LogP contribution in [0.1, 0.15) is 10.4 Å². The zero-order chi connectivity index (χ0) is 13.1. The number of carbonyl (C=O) groups excluding carboxylic acids is 1. The molecule has 0 unspecified atom stereocenters. The number of nitrogens with two attached hydrogens (primary N) is 1. The van der Waals surface area contributed by atoms with E-state index in [-0.39, 0.29) is 16.3 Å². The third-order valence-electron chi connectivity index (χ3n) is 2.38. The van der Waals surface area contributed by atoms with Crippen LogP contribution in [0.5, 0.6) is 5.75 Å². The first-order valence-electron chi connectivity index (χ1n) is 5.22. The maximum atomic E-state index is 12.0. The second-order valence-corrected chi connectivity index (χ2v) is 4.12. The Bertz CT molecular complexity index is 579. The van der Waals surface area contributed by atoms with Crippen molar-refractivity contribution in [2.24, 2.45) is 0 Å². The third-order valence-corrected chi connectivity index (χ3v) is 2.69. The number of phenolic OH excluding ortho intramolecular Hbond substituents is 1. The molecule has 4 N–H and O–H groups in total. The first-order valence-corrected chi connectivity index (χ1v) is 5.60. The Morgan fingerprint density at radius 3 is 2.61 bits per heavy atom. The van der Waals surface area contributed by atoms with Gasteiger partial charge in [-0.1, -0.05) is 23.7 Å². The van der Waals surface area contributed by atoms with Crippen LogP contribution >= 0.6 is 11.6 Å². The van der Waals surface area contributed by atoms with Gasteiger partial charge in [0.15, 0.2) is 0 Å². The summed E-state index contributed by atoms with van der Waals surface area (Å²) in [6, 6.07) is 11.1. The molecule has 0 heterocycles. The molecule has 0 spiro atoms. The summed E-state index contributed by atoms with van der Waals surface area (Å²) in [5.74, 6) is -0.344. The Balaban J connectivity index is 2.28.